The summed E-state index contributed by atoms with van der Waals surface area (Å²) in [6, 6.07) is 21.8. The molecule has 0 N–H and O–H groups in total. The molecule has 33 heavy (non-hydrogen) atoms. The van der Waals surface area contributed by atoms with Crippen molar-refractivity contribution in [3.05, 3.63) is 101 Å². The van der Waals surface area contributed by atoms with Crippen molar-refractivity contribution in [1.29, 1.82) is 0 Å². The van der Waals surface area contributed by atoms with E-state index in [1.165, 1.54) is 35.9 Å². The zero-order valence-corrected chi connectivity index (χ0v) is 20.0. The van der Waals surface area contributed by atoms with Gasteiger partial charge in [-0.1, -0.05) is 74.0 Å². The smallest absolute Gasteiger partial charge is 0.267 e. The number of ether oxygens (including phenoxy) is 1. The monoisotopic (exact) mass is 442 g/mol. The first-order chi connectivity index (χ1) is 15.8. The molecule has 3 aromatic rings. The summed E-state index contributed by atoms with van der Waals surface area (Å²) in [6.45, 7) is 11.0. The molecule has 2 aromatic carbocycles. The van der Waals surface area contributed by atoms with Crippen LogP contribution in [0.5, 0.6) is 0 Å². The molecule has 0 amide bonds. The highest BCUT2D eigenvalue weighted by molar-refractivity contribution is 5.57. The molecule has 1 aromatic heterocycles. The zero-order valence-electron chi connectivity index (χ0n) is 20.0. The van der Waals surface area contributed by atoms with Crippen LogP contribution < -0.4 is 5.56 Å². The van der Waals surface area contributed by atoms with E-state index in [4.69, 9.17) is 4.74 Å². The van der Waals surface area contributed by atoms with Crippen LogP contribution in [-0.4, -0.2) is 15.4 Å². The van der Waals surface area contributed by atoms with E-state index in [2.05, 4.69) is 56.7 Å². The Hall–Kier alpha value is -3.14. The Bertz CT molecular complexity index is 1130. The number of rotatable bonds is 7. The molecule has 1 heterocycles. The highest BCUT2D eigenvalue weighted by Crippen LogP contribution is 2.42. The molecule has 1 aliphatic carbocycles. The number of hydrogen-bond acceptors (Lipinski definition) is 3. The summed E-state index contributed by atoms with van der Waals surface area (Å²) in [5.74, 6) is 1.62. The van der Waals surface area contributed by atoms with Gasteiger partial charge in [0.2, 0.25) is 0 Å². The summed E-state index contributed by atoms with van der Waals surface area (Å²) in [7, 11) is 0. The van der Waals surface area contributed by atoms with Gasteiger partial charge in [-0.2, -0.15) is 5.10 Å². The van der Waals surface area contributed by atoms with Crippen molar-refractivity contribution in [1.82, 2.24) is 9.78 Å². The minimum absolute atomic E-state index is 0.102. The van der Waals surface area contributed by atoms with Crippen LogP contribution in [0, 0.1) is 5.92 Å². The Labute approximate surface area is 196 Å². The van der Waals surface area contributed by atoms with Gasteiger partial charge in [0.1, 0.15) is 5.60 Å². The third-order valence-electron chi connectivity index (χ3n) is 6.26. The van der Waals surface area contributed by atoms with E-state index in [1.807, 2.05) is 30.3 Å². The fourth-order valence-electron chi connectivity index (χ4n) is 4.80. The number of benzene rings is 2. The van der Waals surface area contributed by atoms with Gasteiger partial charge < -0.3 is 4.74 Å². The van der Waals surface area contributed by atoms with Crippen LogP contribution in [0.3, 0.4) is 0 Å². The van der Waals surface area contributed by atoms with Crippen molar-refractivity contribution in [3.63, 3.8) is 0 Å². The van der Waals surface area contributed by atoms with Gasteiger partial charge in [-0.25, -0.2) is 4.68 Å². The van der Waals surface area contributed by atoms with Crippen LogP contribution in [0.25, 0.3) is 11.3 Å². The molecule has 1 aliphatic rings. The van der Waals surface area contributed by atoms with Crippen LogP contribution >= 0.6 is 0 Å². The molecule has 0 radical (unpaired) electrons. The van der Waals surface area contributed by atoms with Crippen LogP contribution in [0.4, 0.5) is 0 Å². The van der Waals surface area contributed by atoms with Crippen LogP contribution in [0.2, 0.25) is 0 Å². The quantitative estimate of drug-likeness (QED) is 0.389. The lowest BCUT2D eigenvalue weighted by Crippen LogP contribution is -2.24. The molecule has 4 nitrogen and oxygen atoms in total. The Balaban J connectivity index is 1.56. The molecule has 1 unspecified atom stereocenters. The van der Waals surface area contributed by atoms with Gasteiger partial charge in [0.15, 0.2) is 0 Å². The maximum atomic E-state index is 12.5. The summed E-state index contributed by atoms with van der Waals surface area (Å²) in [4.78, 5) is 12.5. The highest BCUT2D eigenvalue weighted by Gasteiger charge is 2.31. The summed E-state index contributed by atoms with van der Waals surface area (Å²) >= 11 is 0. The molecule has 0 bridgehead atoms. The number of nitrogens with zero attached hydrogens (tertiary/aromatic N) is 2. The van der Waals surface area contributed by atoms with Crippen molar-refractivity contribution in [2.45, 2.75) is 64.5 Å². The third-order valence-corrected chi connectivity index (χ3v) is 6.26. The molecule has 0 aliphatic heterocycles. The van der Waals surface area contributed by atoms with Crippen LogP contribution in [0.15, 0.2) is 83.9 Å². The van der Waals surface area contributed by atoms with Crippen molar-refractivity contribution in [2.24, 2.45) is 5.92 Å². The van der Waals surface area contributed by atoms with E-state index in [-0.39, 0.29) is 17.1 Å². The second-order valence-electron chi connectivity index (χ2n) is 10.0. The normalized spacial score (nSPS) is 15.4. The lowest BCUT2D eigenvalue weighted by Gasteiger charge is -2.31. The number of aromatic nitrogens is 2. The highest BCUT2D eigenvalue weighted by atomic mass is 16.5. The first-order valence-electron chi connectivity index (χ1n) is 11.9. The maximum Gasteiger partial charge on any atom is 0.267 e. The molecule has 1 atom stereocenters. The average Bonchev–Trinajstić information content (AvgIpc) is 3.30. The largest absolute Gasteiger partial charge is 0.492 e. The molecule has 4 rings (SSSR count). The number of hydrogen-bond donors (Lipinski definition) is 0. The lowest BCUT2D eigenvalue weighted by atomic mass is 9.83. The second-order valence-corrected chi connectivity index (χ2v) is 10.0. The van der Waals surface area contributed by atoms with Crippen molar-refractivity contribution < 1.29 is 4.74 Å². The fourth-order valence-corrected chi connectivity index (χ4v) is 4.80. The van der Waals surface area contributed by atoms with Crippen molar-refractivity contribution >= 4 is 0 Å². The standard InChI is InChI=1S/C29H34N2O2/c1-21(33-29(2,3)4)28(24-12-8-9-13-24)25-16-14-22(15-17-25)20-31-27(32)19-18-26(30-31)23-10-6-5-7-11-23/h5-7,10-11,14-19,24,28H,1,8-9,12-13,20H2,2-4H3. The van der Waals surface area contributed by atoms with Crippen molar-refractivity contribution in [2.75, 3.05) is 0 Å². The Kier molecular flexibility index (Phi) is 6.83. The van der Waals surface area contributed by atoms with Gasteiger partial charge in [0, 0.05) is 17.5 Å². The van der Waals surface area contributed by atoms with E-state index in [9.17, 15) is 4.79 Å². The minimum atomic E-state index is -0.259. The molecule has 0 spiro atoms. The summed E-state index contributed by atoms with van der Waals surface area (Å²) in [5.41, 5.74) is 3.71. The average molecular weight is 443 g/mol. The molecule has 172 valence electrons. The molecule has 4 heteroatoms. The van der Waals surface area contributed by atoms with Gasteiger partial charge in [0.05, 0.1) is 18.0 Å². The van der Waals surface area contributed by atoms with Gasteiger partial charge in [-0.05, 0) is 56.7 Å². The SMILES string of the molecule is C=C(OC(C)(C)C)C(c1ccc(Cn2nc(-c3ccccc3)ccc2=O)cc1)C1CCCC1. The Morgan fingerprint density at radius 3 is 2.33 bits per heavy atom. The van der Waals surface area contributed by atoms with E-state index < -0.39 is 0 Å². The van der Waals surface area contributed by atoms with Gasteiger partial charge >= 0.3 is 0 Å². The van der Waals surface area contributed by atoms with Crippen molar-refractivity contribution in [3.8, 4) is 11.3 Å². The minimum Gasteiger partial charge on any atom is -0.492 e. The Morgan fingerprint density at radius 1 is 1.03 bits per heavy atom. The predicted molar refractivity (Wildman–Crippen MR) is 134 cm³/mol. The van der Waals surface area contributed by atoms with Crippen LogP contribution in [0.1, 0.15) is 63.5 Å². The van der Waals surface area contributed by atoms with Crippen LogP contribution in [-0.2, 0) is 11.3 Å². The first kappa shape index (κ1) is 23.0. The van der Waals surface area contributed by atoms with E-state index in [1.54, 1.807) is 12.1 Å². The summed E-state index contributed by atoms with van der Waals surface area (Å²) < 4.78 is 7.75. The van der Waals surface area contributed by atoms with E-state index in [0.717, 1.165) is 22.6 Å². The van der Waals surface area contributed by atoms with E-state index in [0.29, 0.717) is 12.5 Å². The Morgan fingerprint density at radius 2 is 1.70 bits per heavy atom. The third kappa shape index (κ3) is 5.81. The zero-order chi connectivity index (χ0) is 23.4. The second kappa shape index (κ2) is 9.78. The van der Waals surface area contributed by atoms with Gasteiger partial charge in [-0.3, -0.25) is 4.79 Å². The molecule has 1 saturated carbocycles. The van der Waals surface area contributed by atoms with Gasteiger partial charge in [-0.15, -0.1) is 0 Å². The maximum absolute atomic E-state index is 12.5. The topological polar surface area (TPSA) is 44.1 Å². The molecular formula is C29H34N2O2. The lowest BCUT2D eigenvalue weighted by molar-refractivity contribution is 0.0375. The fraction of sp³-hybridized carbons (Fsp3) is 0.379. The van der Waals surface area contributed by atoms with E-state index >= 15 is 0 Å². The molecular weight excluding hydrogens is 408 g/mol. The van der Waals surface area contributed by atoms with Gasteiger partial charge in [0.25, 0.3) is 5.56 Å². The summed E-state index contributed by atoms with van der Waals surface area (Å²) in [6.07, 6.45) is 4.97. The number of allylic oxidation sites excluding steroid dienone is 1. The molecule has 1 fully saturated rings. The predicted octanol–water partition coefficient (Wildman–Crippen LogP) is 6.56. The molecule has 0 saturated heterocycles. The first-order valence-corrected chi connectivity index (χ1v) is 11.9. The summed E-state index contributed by atoms with van der Waals surface area (Å²) in [5, 5.41) is 4.60.